The molecule has 150 valence electrons. The summed E-state index contributed by atoms with van der Waals surface area (Å²) >= 11 is 0. The van der Waals surface area contributed by atoms with Crippen LogP contribution < -0.4 is 10.2 Å². The number of likely N-dealkylation sites (N-methyl/N-ethyl adjacent to an activating group) is 1. The zero-order valence-electron chi connectivity index (χ0n) is 16.4. The van der Waals surface area contributed by atoms with Gasteiger partial charge in [0, 0.05) is 25.3 Å². The third kappa shape index (κ3) is 5.69. The highest BCUT2D eigenvalue weighted by atomic mass is 32.2. The average molecular weight is 394 g/mol. The number of carbonyl (C=O) groups excluding carboxylic acids is 1. The third-order valence-electron chi connectivity index (χ3n) is 5.47. The monoisotopic (exact) mass is 393 g/mol. The van der Waals surface area contributed by atoms with E-state index in [4.69, 9.17) is 0 Å². The standard InChI is InChI=1S/C20H31N3O3S/c1-20(10-13-27(25,26)16-20)21-19(24)15-22(2)14-17-6-8-18(9-7-17)23-11-4-3-5-12-23/h6-9H,3-5,10-16H2,1-2H3,(H,21,24). The molecule has 1 N–H and O–H groups in total. The summed E-state index contributed by atoms with van der Waals surface area (Å²) in [5.74, 6) is 0.0678. The number of hydrogen-bond donors (Lipinski definition) is 1. The van der Waals surface area contributed by atoms with E-state index in [-0.39, 0.29) is 24.0 Å². The summed E-state index contributed by atoms with van der Waals surface area (Å²) in [6.07, 6.45) is 4.34. The topological polar surface area (TPSA) is 69.7 Å². The van der Waals surface area contributed by atoms with Gasteiger partial charge >= 0.3 is 0 Å². The van der Waals surface area contributed by atoms with E-state index in [0.29, 0.717) is 13.0 Å². The molecule has 0 spiro atoms. The summed E-state index contributed by atoms with van der Waals surface area (Å²) in [6.45, 7) is 5.02. The molecular formula is C20H31N3O3S. The molecule has 2 fully saturated rings. The van der Waals surface area contributed by atoms with Gasteiger partial charge in [0.25, 0.3) is 0 Å². The number of anilines is 1. The smallest absolute Gasteiger partial charge is 0.234 e. The van der Waals surface area contributed by atoms with Gasteiger partial charge in [-0.05, 0) is 57.4 Å². The Bertz CT molecular complexity index is 757. The van der Waals surface area contributed by atoms with Crippen molar-refractivity contribution in [3.8, 4) is 0 Å². The molecule has 2 saturated heterocycles. The molecule has 1 aromatic carbocycles. The summed E-state index contributed by atoms with van der Waals surface area (Å²) in [5.41, 5.74) is 1.81. The number of nitrogens with zero attached hydrogens (tertiary/aromatic N) is 2. The van der Waals surface area contributed by atoms with Gasteiger partial charge < -0.3 is 10.2 Å². The van der Waals surface area contributed by atoms with Crippen molar-refractivity contribution in [1.82, 2.24) is 10.2 Å². The summed E-state index contributed by atoms with van der Waals surface area (Å²) in [6, 6.07) is 8.59. The molecule has 1 aromatic rings. The van der Waals surface area contributed by atoms with Crippen LogP contribution in [0.4, 0.5) is 5.69 Å². The maximum absolute atomic E-state index is 12.3. The van der Waals surface area contributed by atoms with E-state index in [2.05, 4.69) is 34.5 Å². The highest BCUT2D eigenvalue weighted by molar-refractivity contribution is 7.91. The van der Waals surface area contributed by atoms with E-state index in [1.165, 1.54) is 30.5 Å². The zero-order valence-corrected chi connectivity index (χ0v) is 17.2. The SMILES string of the molecule is CN(CC(=O)NC1(C)CCS(=O)(=O)C1)Cc1ccc(N2CCCCC2)cc1. The largest absolute Gasteiger partial charge is 0.372 e. The predicted octanol–water partition coefficient (Wildman–Crippen LogP) is 1.80. The molecule has 0 aromatic heterocycles. The zero-order chi connectivity index (χ0) is 19.5. The minimum absolute atomic E-state index is 0.0351. The molecule has 0 bridgehead atoms. The fourth-order valence-electron chi connectivity index (χ4n) is 4.06. The Kier molecular flexibility index (Phi) is 6.11. The summed E-state index contributed by atoms with van der Waals surface area (Å²) in [4.78, 5) is 16.7. The predicted molar refractivity (Wildman–Crippen MR) is 109 cm³/mol. The van der Waals surface area contributed by atoms with Crippen molar-refractivity contribution in [3.05, 3.63) is 29.8 Å². The minimum Gasteiger partial charge on any atom is -0.372 e. The molecule has 6 nitrogen and oxygen atoms in total. The number of nitrogens with one attached hydrogen (secondary N) is 1. The molecule has 2 aliphatic rings. The number of piperidine rings is 1. The minimum atomic E-state index is -3.02. The van der Waals surface area contributed by atoms with Crippen molar-refractivity contribution < 1.29 is 13.2 Å². The number of rotatable bonds is 6. The molecule has 0 aliphatic carbocycles. The van der Waals surface area contributed by atoms with Crippen molar-refractivity contribution in [2.24, 2.45) is 0 Å². The van der Waals surface area contributed by atoms with Crippen molar-refractivity contribution in [2.45, 2.75) is 44.7 Å². The first-order valence-corrected chi connectivity index (χ1v) is 11.6. The summed E-state index contributed by atoms with van der Waals surface area (Å²) < 4.78 is 23.3. The van der Waals surface area contributed by atoms with Gasteiger partial charge in [0.2, 0.25) is 5.91 Å². The fourth-order valence-corrected chi connectivity index (χ4v) is 6.16. The summed E-state index contributed by atoms with van der Waals surface area (Å²) in [5, 5.41) is 2.91. The Morgan fingerprint density at radius 2 is 1.85 bits per heavy atom. The Balaban J connectivity index is 1.48. The van der Waals surface area contributed by atoms with E-state index in [1.807, 2.05) is 18.9 Å². The molecular weight excluding hydrogens is 362 g/mol. The van der Waals surface area contributed by atoms with Crippen LogP contribution in [0.1, 0.15) is 38.2 Å². The number of carbonyl (C=O) groups is 1. The van der Waals surface area contributed by atoms with Crippen LogP contribution in [0.2, 0.25) is 0 Å². The lowest BCUT2D eigenvalue weighted by atomic mass is 10.0. The average Bonchev–Trinajstić information content (AvgIpc) is 2.88. The van der Waals surface area contributed by atoms with E-state index in [9.17, 15) is 13.2 Å². The Hall–Kier alpha value is -1.60. The van der Waals surface area contributed by atoms with Crippen LogP contribution in [0.25, 0.3) is 0 Å². The number of amides is 1. The number of sulfone groups is 1. The second-order valence-corrected chi connectivity index (χ2v) is 10.5. The van der Waals surface area contributed by atoms with Crippen molar-refractivity contribution in [2.75, 3.05) is 43.1 Å². The maximum Gasteiger partial charge on any atom is 0.234 e. The Labute approximate surface area is 162 Å². The van der Waals surface area contributed by atoms with Crippen molar-refractivity contribution >= 4 is 21.4 Å². The van der Waals surface area contributed by atoms with Crippen LogP contribution in [-0.4, -0.2) is 63.0 Å². The quantitative estimate of drug-likeness (QED) is 0.798. The van der Waals surface area contributed by atoms with Gasteiger partial charge in [0.05, 0.1) is 23.6 Å². The maximum atomic E-state index is 12.3. The van der Waals surface area contributed by atoms with Gasteiger partial charge in [-0.1, -0.05) is 12.1 Å². The first kappa shape index (κ1) is 20.1. The molecule has 2 aliphatic heterocycles. The van der Waals surface area contributed by atoms with Crippen molar-refractivity contribution in [3.63, 3.8) is 0 Å². The van der Waals surface area contributed by atoms with Crippen LogP contribution in [0.3, 0.4) is 0 Å². The Morgan fingerprint density at radius 3 is 2.44 bits per heavy atom. The van der Waals surface area contributed by atoms with Gasteiger partial charge in [0.1, 0.15) is 0 Å². The lowest BCUT2D eigenvalue weighted by molar-refractivity contribution is -0.123. The number of benzene rings is 1. The van der Waals surface area contributed by atoms with Crippen LogP contribution in [0, 0.1) is 0 Å². The molecule has 1 amide bonds. The van der Waals surface area contributed by atoms with E-state index >= 15 is 0 Å². The fraction of sp³-hybridized carbons (Fsp3) is 0.650. The molecule has 1 atom stereocenters. The summed E-state index contributed by atoms with van der Waals surface area (Å²) in [7, 11) is -1.11. The molecule has 0 saturated carbocycles. The second-order valence-electron chi connectivity index (χ2n) is 8.34. The van der Waals surface area contributed by atoms with Crippen LogP contribution >= 0.6 is 0 Å². The highest BCUT2D eigenvalue weighted by Crippen LogP contribution is 2.23. The first-order chi connectivity index (χ1) is 12.7. The van der Waals surface area contributed by atoms with Gasteiger partial charge in [-0.3, -0.25) is 9.69 Å². The molecule has 2 heterocycles. The van der Waals surface area contributed by atoms with Crippen LogP contribution in [0.5, 0.6) is 0 Å². The van der Waals surface area contributed by atoms with Crippen LogP contribution in [-0.2, 0) is 21.2 Å². The van der Waals surface area contributed by atoms with E-state index in [0.717, 1.165) is 13.1 Å². The second kappa shape index (κ2) is 8.19. The van der Waals surface area contributed by atoms with Gasteiger partial charge in [-0.2, -0.15) is 0 Å². The van der Waals surface area contributed by atoms with Gasteiger partial charge in [-0.15, -0.1) is 0 Å². The van der Waals surface area contributed by atoms with E-state index in [1.54, 1.807) is 0 Å². The highest BCUT2D eigenvalue weighted by Gasteiger charge is 2.39. The molecule has 3 rings (SSSR count). The van der Waals surface area contributed by atoms with Gasteiger partial charge in [-0.25, -0.2) is 8.42 Å². The van der Waals surface area contributed by atoms with Crippen molar-refractivity contribution in [1.29, 1.82) is 0 Å². The molecule has 0 radical (unpaired) electrons. The number of hydrogen-bond acceptors (Lipinski definition) is 5. The molecule has 27 heavy (non-hydrogen) atoms. The lowest BCUT2D eigenvalue weighted by Crippen LogP contribution is -2.49. The van der Waals surface area contributed by atoms with Gasteiger partial charge in [0.15, 0.2) is 9.84 Å². The molecule has 7 heteroatoms. The first-order valence-electron chi connectivity index (χ1n) is 9.79. The lowest BCUT2D eigenvalue weighted by Gasteiger charge is -2.29. The van der Waals surface area contributed by atoms with E-state index < -0.39 is 15.4 Å². The normalized spacial score (nSPS) is 24.9. The Morgan fingerprint density at radius 1 is 1.19 bits per heavy atom. The van der Waals surface area contributed by atoms with Crippen LogP contribution in [0.15, 0.2) is 24.3 Å². The third-order valence-corrected chi connectivity index (χ3v) is 7.37. The molecule has 1 unspecified atom stereocenters.